The average Bonchev–Trinajstić information content (AvgIpc) is 2.35. The summed E-state index contributed by atoms with van der Waals surface area (Å²) in [4.78, 5) is 0. The van der Waals surface area contributed by atoms with E-state index < -0.39 is 16.0 Å². The Kier molecular flexibility index (Phi) is 4.67. The molecule has 0 aromatic heterocycles. The first kappa shape index (κ1) is 15.0. The van der Waals surface area contributed by atoms with Gasteiger partial charge in [0.25, 0.3) is 0 Å². The number of hydrogen-bond acceptors (Lipinski definition) is 3. The lowest BCUT2D eigenvalue weighted by atomic mass is 10.3. The molecule has 1 aliphatic rings. The van der Waals surface area contributed by atoms with E-state index in [-0.39, 0.29) is 15.2 Å². The van der Waals surface area contributed by atoms with Crippen LogP contribution < -0.4 is 10.0 Å². The summed E-state index contributed by atoms with van der Waals surface area (Å²) in [7, 11) is -3.69. The fourth-order valence-corrected chi connectivity index (χ4v) is 4.07. The minimum atomic E-state index is -3.69. The highest BCUT2D eigenvalue weighted by molar-refractivity contribution is 9.10. The molecule has 0 atom stereocenters. The largest absolute Gasteiger partial charge is 0.314 e. The lowest BCUT2D eigenvalue weighted by Crippen LogP contribution is -2.48. The van der Waals surface area contributed by atoms with Crippen LogP contribution >= 0.6 is 27.5 Å². The van der Waals surface area contributed by atoms with E-state index >= 15 is 0 Å². The summed E-state index contributed by atoms with van der Waals surface area (Å²) in [6.45, 7) is 1.95. The molecule has 9 heteroatoms. The molecule has 1 saturated heterocycles. The van der Waals surface area contributed by atoms with Gasteiger partial charge in [-0.3, -0.25) is 4.72 Å². The van der Waals surface area contributed by atoms with Crippen molar-refractivity contribution in [1.82, 2.24) is 9.62 Å². The molecular formula is C10H12BrClFN3O2S. The quantitative estimate of drug-likeness (QED) is 0.850. The first-order valence-corrected chi connectivity index (χ1v) is 8.14. The Hall–Kier alpha value is -0.410. The fraction of sp³-hybridized carbons (Fsp3) is 0.400. The van der Waals surface area contributed by atoms with E-state index in [1.54, 1.807) is 0 Å². The zero-order chi connectivity index (χ0) is 14.0. The van der Waals surface area contributed by atoms with Crippen LogP contribution in [0.1, 0.15) is 0 Å². The van der Waals surface area contributed by atoms with Crippen molar-refractivity contribution in [3.63, 3.8) is 0 Å². The van der Waals surface area contributed by atoms with Gasteiger partial charge in [0.15, 0.2) is 0 Å². The van der Waals surface area contributed by atoms with Crippen LogP contribution in [0.15, 0.2) is 16.6 Å². The Morgan fingerprint density at radius 2 is 2.00 bits per heavy atom. The van der Waals surface area contributed by atoms with Gasteiger partial charge in [0, 0.05) is 30.7 Å². The van der Waals surface area contributed by atoms with E-state index in [2.05, 4.69) is 26.0 Å². The van der Waals surface area contributed by atoms with E-state index in [1.165, 1.54) is 4.31 Å². The molecule has 2 N–H and O–H groups in total. The van der Waals surface area contributed by atoms with Crippen molar-refractivity contribution in [3.8, 4) is 0 Å². The number of piperazine rings is 1. The second kappa shape index (κ2) is 5.92. The van der Waals surface area contributed by atoms with E-state index in [0.717, 1.165) is 12.1 Å². The van der Waals surface area contributed by atoms with Gasteiger partial charge >= 0.3 is 10.2 Å². The number of nitrogens with zero attached hydrogens (tertiary/aromatic N) is 1. The zero-order valence-electron chi connectivity index (χ0n) is 9.79. The van der Waals surface area contributed by atoms with Crippen molar-refractivity contribution in [2.75, 3.05) is 30.9 Å². The highest BCUT2D eigenvalue weighted by Crippen LogP contribution is 2.32. The molecule has 1 aromatic carbocycles. The fourth-order valence-electron chi connectivity index (χ4n) is 1.72. The minimum Gasteiger partial charge on any atom is -0.314 e. The van der Waals surface area contributed by atoms with Crippen LogP contribution in [0.4, 0.5) is 10.1 Å². The van der Waals surface area contributed by atoms with Crippen molar-refractivity contribution >= 4 is 43.4 Å². The lowest BCUT2D eigenvalue weighted by Gasteiger charge is -2.27. The molecule has 106 valence electrons. The van der Waals surface area contributed by atoms with Crippen molar-refractivity contribution in [3.05, 3.63) is 27.4 Å². The van der Waals surface area contributed by atoms with Crippen molar-refractivity contribution < 1.29 is 12.8 Å². The van der Waals surface area contributed by atoms with Crippen LogP contribution in [0.5, 0.6) is 0 Å². The van der Waals surface area contributed by atoms with Gasteiger partial charge in [-0.15, -0.1) is 0 Å². The minimum absolute atomic E-state index is 0.00517. The normalized spacial score (nSPS) is 17.4. The summed E-state index contributed by atoms with van der Waals surface area (Å²) < 4.78 is 41.4. The molecule has 0 spiro atoms. The van der Waals surface area contributed by atoms with Gasteiger partial charge in [0.2, 0.25) is 0 Å². The molecule has 0 bridgehead atoms. The van der Waals surface area contributed by atoms with E-state index in [4.69, 9.17) is 11.6 Å². The monoisotopic (exact) mass is 371 g/mol. The van der Waals surface area contributed by atoms with Crippen LogP contribution in [0.25, 0.3) is 0 Å². The standard InChI is InChI=1S/C10H12BrClFN3O2S/c11-8-5-7(13)6-9(12)10(8)15-19(17,18)16-3-1-14-2-4-16/h5-6,14-15H,1-4H2. The molecule has 1 heterocycles. The summed E-state index contributed by atoms with van der Waals surface area (Å²) in [6, 6.07) is 2.21. The number of nitrogens with one attached hydrogen (secondary N) is 2. The Bertz CT molecular complexity index is 555. The van der Waals surface area contributed by atoms with Crippen molar-refractivity contribution in [1.29, 1.82) is 0 Å². The van der Waals surface area contributed by atoms with Crippen LogP contribution in [0.2, 0.25) is 5.02 Å². The molecule has 19 heavy (non-hydrogen) atoms. The molecule has 0 unspecified atom stereocenters. The molecule has 0 radical (unpaired) electrons. The second-order valence-electron chi connectivity index (χ2n) is 4.00. The molecule has 2 rings (SSSR count). The molecule has 0 amide bonds. The smallest absolute Gasteiger partial charge is 0.301 e. The predicted octanol–water partition coefficient (Wildman–Crippen LogP) is 1.80. The van der Waals surface area contributed by atoms with Gasteiger partial charge < -0.3 is 5.32 Å². The topological polar surface area (TPSA) is 61.4 Å². The van der Waals surface area contributed by atoms with Crippen LogP contribution in [-0.2, 0) is 10.2 Å². The summed E-state index contributed by atoms with van der Waals surface area (Å²) in [5, 5.41) is 3.07. The number of rotatable bonds is 3. The maximum Gasteiger partial charge on any atom is 0.301 e. The van der Waals surface area contributed by atoms with E-state index in [1.807, 2.05) is 0 Å². The molecule has 5 nitrogen and oxygen atoms in total. The van der Waals surface area contributed by atoms with Crippen molar-refractivity contribution in [2.24, 2.45) is 0 Å². The van der Waals surface area contributed by atoms with Gasteiger partial charge in [-0.25, -0.2) is 4.39 Å². The third-order valence-electron chi connectivity index (χ3n) is 2.65. The maximum atomic E-state index is 13.1. The van der Waals surface area contributed by atoms with Gasteiger partial charge in [0.05, 0.1) is 10.7 Å². The summed E-state index contributed by atoms with van der Waals surface area (Å²) in [5.74, 6) is -0.540. The maximum absolute atomic E-state index is 13.1. The Morgan fingerprint density at radius 3 is 2.58 bits per heavy atom. The van der Waals surface area contributed by atoms with Crippen LogP contribution in [0, 0.1) is 5.82 Å². The van der Waals surface area contributed by atoms with Crippen molar-refractivity contribution in [2.45, 2.75) is 0 Å². The molecule has 1 aromatic rings. The molecular weight excluding hydrogens is 361 g/mol. The number of benzene rings is 1. The molecule has 1 fully saturated rings. The molecule has 0 saturated carbocycles. The number of hydrogen-bond donors (Lipinski definition) is 2. The summed E-state index contributed by atoms with van der Waals surface area (Å²) in [6.07, 6.45) is 0. The van der Waals surface area contributed by atoms with Crippen LogP contribution in [-0.4, -0.2) is 38.9 Å². The number of anilines is 1. The highest BCUT2D eigenvalue weighted by Gasteiger charge is 2.25. The van der Waals surface area contributed by atoms with E-state index in [0.29, 0.717) is 26.2 Å². The van der Waals surface area contributed by atoms with Crippen LogP contribution in [0.3, 0.4) is 0 Å². The molecule has 0 aliphatic carbocycles. The second-order valence-corrected chi connectivity index (χ2v) is 6.93. The SMILES string of the molecule is O=S(=O)(Nc1c(Cl)cc(F)cc1Br)N1CCNCC1. The zero-order valence-corrected chi connectivity index (χ0v) is 12.9. The third-order valence-corrected chi connectivity index (χ3v) is 5.08. The lowest BCUT2D eigenvalue weighted by molar-refractivity contribution is 0.362. The third kappa shape index (κ3) is 3.57. The number of halogens is 3. The van der Waals surface area contributed by atoms with Gasteiger partial charge in [0.1, 0.15) is 5.82 Å². The predicted molar refractivity (Wildman–Crippen MR) is 76.1 cm³/mol. The summed E-state index contributed by atoms with van der Waals surface area (Å²) in [5.41, 5.74) is 0.140. The van der Waals surface area contributed by atoms with E-state index in [9.17, 15) is 12.8 Å². The first-order valence-electron chi connectivity index (χ1n) is 5.53. The van der Waals surface area contributed by atoms with Gasteiger partial charge in [-0.05, 0) is 28.1 Å². The van der Waals surface area contributed by atoms with Gasteiger partial charge in [-0.2, -0.15) is 12.7 Å². The molecule has 1 aliphatic heterocycles. The first-order chi connectivity index (χ1) is 8.90. The Labute approximate surface area is 124 Å². The highest BCUT2D eigenvalue weighted by atomic mass is 79.9. The Balaban J connectivity index is 2.25. The van der Waals surface area contributed by atoms with Gasteiger partial charge in [-0.1, -0.05) is 11.6 Å². The Morgan fingerprint density at radius 1 is 1.37 bits per heavy atom. The summed E-state index contributed by atoms with van der Waals surface area (Å²) >= 11 is 8.94. The average molecular weight is 373 g/mol.